The zero-order valence-corrected chi connectivity index (χ0v) is 26.3. The van der Waals surface area contributed by atoms with E-state index >= 15 is 0 Å². The Hall–Kier alpha value is -2.77. The molecule has 0 unspecified atom stereocenters. The van der Waals surface area contributed by atoms with Crippen LogP contribution in [0.3, 0.4) is 0 Å². The van der Waals surface area contributed by atoms with Gasteiger partial charge in [-0.15, -0.1) is 0 Å². The Morgan fingerprint density at radius 1 is 1.05 bits per heavy atom. The third-order valence-corrected chi connectivity index (χ3v) is 8.76. The minimum Gasteiger partial charge on any atom is -0.487 e. The summed E-state index contributed by atoms with van der Waals surface area (Å²) in [5.74, 6) is 0.356. The Bertz CT molecular complexity index is 1720. The van der Waals surface area contributed by atoms with Gasteiger partial charge in [-0.3, -0.25) is 9.36 Å². The van der Waals surface area contributed by atoms with Crippen molar-refractivity contribution in [1.82, 2.24) is 4.57 Å². The van der Waals surface area contributed by atoms with E-state index < -0.39 is 12.0 Å². The number of aromatic nitrogens is 1. The molecule has 0 spiro atoms. The molecular weight excluding hydrogens is 738 g/mol. The molecule has 6 nitrogen and oxygen atoms in total. The molecule has 9 heteroatoms. The zero-order chi connectivity index (χ0) is 27.5. The lowest BCUT2D eigenvalue weighted by Gasteiger charge is -2.24. The minimum absolute atomic E-state index is 0.198. The van der Waals surface area contributed by atoms with Crippen molar-refractivity contribution in [3.63, 3.8) is 0 Å². The van der Waals surface area contributed by atoms with E-state index in [2.05, 4.69) is 50.2 Å². The number of esters is 1. The number of carbonyl (C=O) groups is 1. The maximum atomic E-state index is 13.8. The molecule has 0 fully saturated rings. The van der Waals surface area contributed by atoms with Gasteiger partial charge in [0.05, 0.1) is 35.6 Å². The Labute approximate surface area is 257 Å². The molecule has 0 saturated carbocycles. The molecule has 39 heavy (non-hydrogen) atoms. The number of ether oxygens (including phenoxy) is 2. The van der Waals surface area contributed by atoms with E-state index in [1.165, 1.54) is 11.3 Å². The minimum atomic E-state index is -0.613. The van der Waals surface area contributed by atoms with Crippen LogP contribution in [0.25, 0.3) is 6.08 Å². The number of benzene rings is 3. The third kappa shape index (κ3) is 5.90. The van der Waals surface area contributed by atoms with E-state index in [9.17, 15) is 9.59 Å². The molecule has 0 radical (unpaired) electrons. The molecule has 3 aromatic carbocycles. The normalized spacial score (nSPS) is 15.1. The summed E-state index contributed by atoms with van der Waals surface area (Å²) in [7, 11) is 0. The maximum absolute atomic E-state index is 13.8. The molecular formula is C30H24I2N2O4S. The van der Waals surface area contributed by atoms with Crippen LogP contribution >= 0.6 is 56.5 Å². The zero-order valence-electron chi connectivity index (χ0n) is 21.2. The van der Waals surface area contributed by atoms with Crippen molar-refractivity contribution in [2.45, 2.75) is 26.5 Å². The smallest absolute Gasteiger partial charge is 0.338 e. The molecule has 0 aliphatic carbocycles. The maximum Gasteiger partial charge on any atom is 0.338 e. The second-order valence-electron chi connectivity index (χ2n) is 8.80. The van der Waals surface area contributed by atoms with Crippen LogP contribution in [0.4, 0.5) is 0 Å². The van der Waals surface area contributed by atoms with E-state index in [1.54, 1.807) is 18.4 Å². The monoisotopic (exact) mass is 762 g/mol. The fraction of sp³-hybridized carbons (Fsp3) is 0.167. The quantitative estimate of drug-likeness (QED) is 0.182. The van der Waals surface area contributed by atoms with Crippen LogP contribution in [0.5, 0.6) is 5.75 Å². The van der Waals surface area contributed by atoms with E-state index in [-0.39, 0.29) is 12.2 Å². The average molecular weight is 762 g/mol. The first-order chi connectivity index (χ1) is 18.9. The van der Waals surface area contributed by atoms with Crippen LogP contribution in [0.1, 0.15) is 36.6 Å². The van der Waals surface area contributed by atoms with Gasteiger partial charge < -0.3 is 9.47 Å². The lowest BCUT2D eigenvalue weighted by Crippen LogP contribution is -2.39. The molecule has 1 aliphatic heterocycles. The lowest BCUT2D eigenvalue weighted by atomic mass is 9.96. The molecule has 0 N–H and O–H groups in total. The summed E-state index contributed by atoms with van der Waals surface area (Å²) < 4.78 is 15.5. The number of fused-ring (bicyclic) bond motifs is 1. The molecule has 1 aliphatic rings. The molecule has 1 aromatic heterocycles. The molecule has 1 atom stereocenters. The van der Waals surface area contributed by atoms with Crippen LogP contribution in [0.15, 0.2) is 93.9 Å². The molecule has 0 saturated heterocycles. The Kier molecular flexibility index (Phi) is 8.67. The van der Waals surface area contributed by atoms with Crippen molar-refractivity contribution >= 4 is 68.6 Å². The predicted molar refractivity (Wildman–Crippen MR) is 169 cm³/mol. The molecule has 2 heterocycles. The second-order valence-corrected chi connectivity index (χ2v) is 12.1. The van der Waals surface area contributed by atoms with Crippen LogP contribution in [-0.2, 0) is 16.1 Å². The summed E-state index contributed by atoms with van der Waals surface area (Å²) >= 11 is 5.85. The topological polar surface area (TPSA) is 69.9 Å². The summed E-state index contributed by atoms with van der Waals surface area (Å²) in [6.07, 6.45) is 1.88. The first-order valence-corrected chi connectivity index (χ1v) is 15.2. The number of nitrogens with zero attached hydrogens (tertiary/aromatic N) is 2. The molecule has 0 bridgehead atoms. The van der Waals surface area contributed by atoms with Gasteiger partial charge in [0, 0.05) is 0 Å². The third-order valence-electron chi connectivity index (χ3n) is 6.18. The fourth-order valence-corrected chi connectivity index (χ4v) is 7.60. The fourth-order valence-electron chi connectivity index (χ4n) is 4.42. The van der Waals surface area contributed by atoms with Crippen molar-refractivity contribution < 1.29 is 14.3 Å². The number of hydrogen-bond donors (Lipinski definition) is 0. The first kappa shape index (κ1) is 27.8. The number of allylic oxidation sites excluding steroid dienone is 1. The van der Waals surface area contributed by atoms with Gasteiger partial charge in [-0.25, -0.2) is 9.79 Å². The first-order valence-electron chi connectivity index (χ1n) is 12.3. The van der Waals surface area contributed by atoms with Gasteiger partial charge in [-0.1, -0.05) is 72.0 Å². The molecule has 5 rings (SSSR count). The Balaban J connectivity index is 1.56. The van der Waals surface area contributed by atoms with Gasteiger partial charge in [0.25, 0.3) is 5.56 Å². The highest BCUT2D eigenvalue weighted by atomic mass is 127. The van der Waals surface area contributed by atoms with Gasteiger partial charge >= 0.3 is 5.97 Å². The van der Waals surface area contributed by atoms with Crippen LogP contribution in [-0.4, -0.2) is 17.1 Å². The van der Waals surface area contributed by atoms with E-state index in [4.69, 9.17) is 9.47 Å². The van der Waals surface area contributed by atoms with E-state index in [0.717, 1.165) is 29.6 Å². The SMILES string of the molecule is CCOC(=O)C1=C(C)N=c2s/c(=C/c3cc(I)c(OCc4ccccc4)c(I)c3)c(=O)n2[C@H]1c1ccccc1. The highest BCUT2D eigenvalue weighted by Gasteiger charge is 2.33. The predicted octanol–water partition coefficient (Wildman–Crippen LogP) is 5.59. The lowest BCUT2D eigenvalue weighted by molar-refractivity contribution is -0.139. The van der Waals surface area contributed by atoms with Crippen molar-refractivity contribution in [3.05, 3.63) is 128 Å². The van der Waals surface area contributed by atoms with Gasteiger partial charge in [0.1, 0.15) is 12.4 Å². The summed E-state index contributed by atoms with van der Waals surface area (Å²) in [5, 5.41) is 0. The Morgan fingerprint density at radius 2 is 1.69 bits per heavy atom. The van der Waals surface area contributed by atoms with Crippen molar-refractivity contribution in [1.29, 1.82) is 0 Å². The number of thiazole rings is 1. The number of halogens is 2. The van der Waals surface area contributed by atoms with Crippen LogP contribution in [0.2, 0.25) is 0 Å². The summed E-state index contributed by atoms with van der Waals surface area (Å²) in [6.45, 7) is 4.27. The summed E-state index contributed by atoms with van der Waals surface area (Å²) in [5.41, 5.74) is 3.55. The summed E-state index contributed by atoms with van der Waals surface area (Å²) in [4.78, 5) is 32.0. The van der Waals surface area contributed by atoms with Gasteiger partial charge in [-0.2, -0.15) is 0 Å². The van der Waals surface area contributed by atoms with Crippen molar-refractivity contribution in [2.75, 3.05) is 6.61 Å². The molecule has 4 aromatic rings. The Morgan fingerprint density at radius 3 is 2.33 bits per heavy atom. The average Bonchev–Trinajstić information content (AvgIpc) is 3.22. The van der Waals surface area contributed by atoms with Crippen LogP contribution < -0.4 is 19.6 Å². The van der Waals surface area contributed by atoms with Gasteiger partial charge in [0.2, 0.25) is 0 Å². The second kappa shape index (κ2) is 12.2. The van der Waals surface area contributed by atoms with Gasteiger partial charge in [0.15, 0.2) is 4.80 Å². The standard InChI is InChI=1S/C30H24I2N2O4S/c1-3-37-29(36)25-18(2)33-30-34(26(25)21-12-8-5-9-13-21)28(35)24(39-30)16-20-14-22(31)27(23(32)15-20)38-17-19-10-6-4-7-11-19/h4-16,26H,3,17H2,1-2H3/b24-16+/t26-/m0/s1. The number of carbonyl (C=O) groups excluding carboxylic acids is 1. The van der Waals surface area contributed by atoms with Crippen LogP contribution in [0, 0.1) is 7.14 Å². The van der Waals surface area contributed by atoms with E-state index in [1.807, 2.05) is 78.9 Å². The summed E-state index contributed by atoms with van der Waals surface area (Å²) in [6, 6.07) is 23.0. The molecule has 0 amide bonds. The molecule has 198 valence electrons. The largest absolute Gasteiger partial charge is 0.487 e. The van der Waals surface area contributed by atoms with Gasteiger partial charge in [-0.05, 0) is 93.9 Å². The van der Waals surface area contributed by atoms with Crippen molar-refractivity contribution in [3.8, 4) is 5.75 Å². The van der Waals surface area contributed by atoms with E-state index in [0.29, 0.717) is 27.2 Å². The number of hydrogen-bond acceptors (Lipinski definition) is 6. The highest BCUT2D eigenvalue weighted by Crippen LogP contribution is 2.31. The highest BCUT2D eigenvalue weighted by molar-refractivity contribution is 14.1. The number of rotatable bonds is 7. The van der Waals surface area contributed by atoms with Crippen molar-refractivity contribution in [2.24, 2.45) is 4.99 Å².